The summed E-state index contributed by atoms with van der Waals surface area (Å²) in [5, 5.41) is 5.91. The Kier molecular flexibility index (Phi) is 7.75. The van der Waals surface area contributed by atoms with Crippen LogP contribution in [0.25, 0.3) is 10.2 Å². The van der Waals surface area contributed by atoms with Gasteiger partial charge in [0, 0.05) is 19.0 Å². The molecule has 2 saturated heterocycles. The minimum Gasteiger partial charge on any atom is -0.356 e. The van der Waals surface area contributed by atoms with Gasteiger partial charge in [-0.15, -0.1) is 11.3 Å². The number of hydrogen-bond acceptors (Lipinski definition) is 8. The number of para-hydroxylation sites is 1. The predicted molar refractivity (Wildman–Crippen MR) is 150 cm³/mol. The molecule has 0 bridgehead atoms. The number of ketones is 1. The monoisotopic (exact) mass is 589 g/mol. The standard InChI is InChI=1S/C27H35N5O6S2/c1-15(2)21(31-40(3,37)38)26(36)32-14-27(9-10-27)13-19(32)24(35)29-18(12-16-8-11-28-23(16)34)22(33)25-30-17-6-4-5-7-20(17)39-25/h4-7,15-16,18-19,21,31H,8-14H2,1-3H3,(H,28,34)(H,29,35)/t16-,18-,19?,21-/m0/s1. The lowest BCUT2D eigenvalue weighted by atomic mass is 9.95. The molecule has 3 N–H and O–H groups in total. The molecule has 216 valence electrons. The Balaban J connectivity index is 1.40. The molecule has 1 unspecified atom stereocenters. The van der Waals surface area contributed by atoms with Crippen LogP contribution in [0, 0.1) is 17.3 Å². The fourth-order valence-electron chi connectivity index (χ4n) is 5.72. The second-order valence-electron chi connectivity index (χ2n) is 11.7. The van der Waals surface area contributed by atoms with Gasteiger partial charge in [-0.3, -0.25) is 19.2 Å². The molecule has 1 aromatic carbocycles. The summed E-state index contributed by atoms with van der Waals surface area (Å²) in [7, 11) is -3.67. The number of fused-ring (bicyclic) bond motifs is 1. The molecule has 1 spiro atoms. The van der Waals surface area contributed by atoms with Gasteiger partial charge in [0.2, 0.25) is 33.5 Å². The van der Waals surface area contributed by atoms with Gasteiger partial charge in [-0.05, 0) is 55.6 Å². The molecule has 40 heavy (non-hydrogen) atoms. The van der Waals surface area contributed by atoms with Gasteiger partial charge in [-0.1, -0.05) is 26.0 Å². The predicted octanol–water partition coefficient (Wildman–Crippen LogP) is 1.44. The number of likely N-dealkylation sites (tertiary alicyclic amines) is 1. The van der Waals surface area contributed by atoms with Crippen LogP contribution in [0.2, 0.25) is 0 Å². The van der Waals surface area contributed by atoms with Gasteiger partial charge in [-0.25, -0.2) is 18.1 Å². The Morgan fingerprint density at radius 3 is 2.55 bits per heavy atom. The van der Waals surface area contributed by atoms with E-state index in [-0.39, 0.29) is 34.5 Å². The molecule has 5 rings (SSSR count). The van der Waals surface area contributed by atoms with Crippen molar-refractivity contribution >= 4 is 55.1 Å². The van der Waals surface area contributed by atoms with E-state index in [0.29, 0.717) is 31.4 Å². The van der Waals surface area contributed by atoms with Crippen LogP contribution in [0.4, 0.5) is 0 Å². The Labute approximate surface area is 237 Å². The number of nitrogens with zero attached hydrogens (tertiary/aromatic N) is 2. The molecule has 4 atom stereocenters. The lowest BCUT2D eigenvalue weighted by Gasteiger charge is -2.31. The van der Waals surface area contributed by atoms with Crippen molar-refractivity contribution in [2.45, 2.75) is 64.1 Å². The summed E-state index contributed by atoms with van der Waals surface area (Å²) in [5.41, 5.74) is 0.517. The summed E-state index contributed by atoms with van der Waals surface area (Å²) in [4.78, 5) is 59.5. The number of nitrogens with one attached hydrogen (secondary N) is 3. The van der Waals surface area contributed by atoms with Crippen molar-refractivity contribution in [2.24, 2.45) is 17.3 Å². The van der Waals surface area contributed by atoms with Gasteiger partial charge in [0.25, 0.3) is 0 Å². The lowest BCUT2D eigenvalue weighted by Crippen LogP contribution is -2.56. The molecule has 11 nitrogen and oxygen atoms in total. The van der Waals surface area contributed by atoms with E-state index in [2.05, 4.69) is 20.3 Å². The highest BCUT2D eigenvalue weighted by atomic mass is 32.2. The molecule has 2 aliphatic heterocycles. The fraction of sp³-hybridized carbons (Fsp3) is 0.593. The highest BCUT2D eigenvalue weighted by Crippen LogP contribution is 2.55. The summed E-state index contributed by atoms with van der Waals surface area (Å²) in [6, 6.07) is 4.52. The average molecular weight is 590 g/mol. The number of carbonyl (C=O) groups is 4. The number of thiazole rings is 1. The molecule has 3 aliphatic rings. The second-order valence-corrected chi connectivity index (χ2v) is 14.5. The maximum atomic E-state index is 13.8. The van der Waals surface area contributed by atoms with Gasteiger partial charge in [0.05, 0.1) is 22.5 Å². The number of amides is 3. The SMILES string of the molecule is CC(C)[C@H](NS(C)(=O)=O)C(=O)N1CC2(CC2)CC1C(=O)N[C@@H](C[C@@H]1CCNC1=O)C(=O)c1nc2ccccc2s1. The van der Waals surface area contributed by atoms with E-state index in [1.807, 2.05) is 24.3 Å². The van der Waals surface area contributed by atoms with Gasteiger partial charge in [0.1, 0.15) is 12.1 Å². The van der Waals surface area contributed by atoms with Crippen LogP contribution >= 0.6 is 11.3 Å². The molecule has 3 amide bonds. The third kappa shape index (κ3) is 6.06. The van der Waals surface area contributed by atoms with E-state index in [1.54, 1.807) is 13.8 Å². The molecule has 1 saturated carbocycles. The molecule has 3 fully saturated rings. The van der Waals surface area contributed by atoms with E-state index in [0.717, 1.165) is 23.8 Å². The van der Waals surface area contributed by atoms with Gasteiger partial charge in [-0.2, -0.15) is 0 Å². The Morgan fingerprint density at radius 1 is 1.23 bits per heavy atom. The molecule has 0 radical (unpaired) electrons. The van der Waals surface area contributed by atoms with Crippen molar-refractivity contribution in [3.05, 3.63) is 29.3 Å². The molecule has 1 aromatic heterocycles. The average Bonchev–Trinajstić information content (AvgIpc) is 3.19. The largest absolute Gasteiger partial charge is 0.356 e. The van der Waals surface area contributed by atoms with Crippen molar-refractivity contribution in [2.75, 3.05) is 19.3 Å². The van der Waals surface area contributed by atoms with E-state index >= 15 is 0 Å². The molecule has 1 aliphatic carbocycles. The quantitative estimate of drug-likeness (QED) is 0.354. The number of carbonyl (C=O) groups excluding carboxylic acids is 4. The topological polar surface area (TPSA) is 155 Å². The maximum absolute atomic E-state index is 13.8. The zero-order chi connectivity index (χ0) is 28.8. The molecule has 2 aromatic rings. The molecular formula is C27H35N5O6S2. The summed E-state index contributed by atoms with van der Waals surface area (Å²) in [6.07, 6.45) is 3.89. The minimum absolute atomic E-state index is 0.127. The lowest BCUT2D eigenvalue weighted by molar-refractivity contribution is -0.140. The number of hydrogen-bond donors (Lipinski definition) is 3. The normalized spacial score (nSPS) is 23.4. The van der Waals surface area contributed by atoms with Crippen LogP contribution in [0.1, 0.15) is 55.8 Å². The van der Waals surface area contributed by atoms with E-state index in [4.69, 9.17) is 0 Å². The minimum atomic E-state index is -3.67. The molecule has 3 heterocycles. The number of Topliss-reactive ketones (excluding diaryl/α,β-unsaturated/α-hetero) is 1. The Bertz CT molecular complexity index is 1420. The summed E-state index contributed by atoms with van der Waals surface area (Å²) in [6.45, 7) is 4.37. The third-order valence-electron chi connectivity index (χ3n) is 8.15. The van der Waals surface area contributed by atoms with Crippen LogP contribution in [0.3, 0.4) is 0 Å². The van der Waals surface area contributed by atoms with Gasteiger partial charge < -0.3 is 15.5 Å². The first kappa shape index (κ1) is 28.6. The number of benzene rings is 1. The third-order valence-corrected chi connectivity index (χ3v) is 9.88. The van der Waals surface area contributed by atoms with Gasteiger partial charge in [0.15, 0.2) is 5.01 Å². The highest BCUT2D eigenvalue weighted by molar-refractivity contribution is 7.88. The fourth-order valence-corrected chi connectivity index (χ4v) is 7.52. The zero-order valence-corrected chi connectivity index (χ0v) is 24.4. The summed E-state index contributed by atoms with van der Waals surface area (Å²) >= 11 is 1.24. The van der Waals surface area contributed by atoms with Crippen molar-refractivity contribution in [3.63, 3.8) is 0 Å². The molecular weight excluding hydrogens is 554 g/mol. The number of aromatic nitrogens is 1. The smallest absolute Gasteiger partial charge is 0.243 e. The first-order chi connectivity index (χ1) is 18.9. The van der Waals surface area contributed by atoms with Crippen molar-refractivity contribution in [1.82, 2.24) is 25.2 Å². The first-order valence-electron chi connectivity index (χ1n) is 13.6. The van der Waals surface area contributed by atoms with E-state index in [1.165, 1.54) is 16.2 Å². The van der Waals surface area contributed by atoms with E-state index < -0.39 is 45.9 Å². The summed E-state index contributed by atoms with van der Waals surface area (Å²) in [5.74, 6) is -2.21. The van der Waals surface area contributed by atoms with Crippen LogP contribution in [0.5, 0.6) is 0 Å². The number of rotatable bonds is 10. The van der Waals surface area contributed by atoms with Crippen LogP contribution in [-0.4, -0.2) is 79.3 Å². The van der Waals surface area contributed by atoms with Crippen molar-refractivity contribution < 1.29 is 27.6 Å². The highest BCUT2D eigenvalue weighted by Gasteiger charge is 2.56. The van der Waals surface area contributed by atoms with Crippen LogP contribution < -0.4 is 15.4 Å². The maximum Gasteiger partial charge on any atom is 0.243 e. The first-order valence-corrected chi connectivity index (χ1v) is 16.3. The Hall–Kier alpha value is -2.90. The van der Waals surface area contributed by atoms with Crippen molar-refractivity contribution in [1.29, 1.82) is 0 Å². The van der Waals surface area contributed by atoms with Crippen LogP contribution in [0.15, 0.2) is 24.3 Å². The number of sulfonamides is 1. The second kappa shape index (κ2) is 10.8. The van der Waals surface area contributed by atoms with Crippen molar-refractivity contribution in [3.8, 4) is 0 Å². The Morgan fingerprint density at radius 2 is 1.95 bits per heavy atom. The van der Waals surface area contributed by atoms with E-state index in [9.17, 15) is 27.6 Å². The zero-order valence-electron chi connectivity index (χ0n) is 22.8. The molecule has 13 heteroatoms. The van der Waals surface area contributed by atoms with Gasteiger partial charge >= 0.3 is 0 Å². The summed E-state index contributed by atoms with van der Waals surface area (Å²) < 4.78 is 27.3. The van der Waals surface area contributed by atoms with Crippen LogP contribution in [-0.2, 0) is 24.4 Å².